The molecule has 25 heavy (non-hydrogen) atoms. The monoisotopic (exact) mass is 347 g/mol. The first kappa shape index (κ1) is 21.7. The minimum absolute atomic E-state index is 0.160. The van der Waals surface area contributed by atoms with Crippen LogP contribution in [0.3, 0.4) is 0 Å². The van der Waals surface area contributed by atoms with Gasteiger partial charge >= 0.3 is 5.97 Å². The van der Waals surface area contributed by atoms with E-state index >= 15 is 0 Å². The second-order valence-electron chi connectivity index (χ2n) is 9.33. The van der Waals surface area contributed by atoms with Crippen LogP contribution < -0.4 is 10.5 Å². The normalized spacial score (nSPS) is 13.6. The number of unbranched alkanes of at least 4 members (excludes halogenated alkanes) is 2. The van der Waals surface area contributed by atoms with Crippen molar-refractivity contribution in [2.75, 3.05) is 6.54 Å². The fraction of sp³-hybridized carbons (Fsp3) is 0.682. The first-order chi connectivity index (χ1) is 11.5. The number of carbonyl (C=O) groups excluding carboxylic acids is 1. The minimum Gasteiger partial charge on any atom is -0.427 e. The zero-order valence-electron chi connectivity index (χ0n) is 17.0. The third-order valence-electron chi connectivity index (χ3n) is 4.46. The SMILES string of the molecule is CC(C)(C)CC(c1ccc(OC(=O)CCCCCN)cc1)C(C)(C)C. The van der Waals surface area contributed by atoms with Crippen molar-refractivity contribution in [1.29, 1.82) is 0 Å². The van der Waals surface area contributed by atoms with Crippen LogP contribution in [0, 0.1) is 10.8 Å². The van der Waals surface area contributed by atoms with Gasteiger partial charge in [-0.05, 0) is 60.3 Å². The molecule has 0 aromatic heterocycles. The molecule has 1 atom stereocenters. The Kier molecular flexibility index (Phi) is 8.14. The Labute approximate surface area is 154 Å². The Morgan fingerprint density at radius 2 is 1.60 bits per heavy atom. The summed E-state index contributed by atoms with van der Waals surface area (Å²) >= 11 is 0. The maximum Gasteiger partial charge on any atom is 0.311 e. The molecular weight excluding hydrogens is 310 g/mol. The van der Waals surface area contributed by atoms with Gasteiger partial charge in [0.1, 0.15) is 5.75 Å². The van der Waals surface area contributed by atoms with Gasteiger partial charge in [0.2, 0.25) is 0 Å². The first-order valence-electron chi connectivity index (χ1n) is 9.53. The van der Waals surface area contributed by atoms with Gasteiger partial charge in [-0.1, -0.05) is 60.1 Å². The summed E-state index contributed by atoms with van der Waals surface area (Å²) in [5.74, 6) is 0.941. The van der Waals surface area contributed by atoms with Crippen molar-refractivity contribution in [3.63, 3.8) is 0 Å². The Hall–Kier alpha value is -1.35. The number of benzene rings is 1. The quantitative estimate of drug-likeness (QED) is 0.374. The lowest BCUT2D eigenvalue weighted by molar-refractivity contribution is -0.134. The molecule has 142 valence electrons. The van der Waals surface area contributed by atoms with Crippen LogP contribution in [0.5, 0.6) is 5.75 Å². The summed E-state index contributed by atoms with van der Waals surface area (Å²) < 4.78 is 5.45. The first-order valence-corrected chi connectivity index (χ1v) is 9.53. The molecule has 0 fully saturated rings. The van der Waals surface area contributed by atoms with E-state index in [1.807, 2.05) is 12.1 Å². The zero-order valence-corrected chi connectivity index (χ0v) is 17.0. The summed E-state index contributed by atoms with van der Waals surface area (Å²) in [7, 11) is 0. The second kappa shape index (κ2) is 9.38. The predicted octanol–water partition coefficient (Wildman–Crippen LogP) is 5.68. The van der Waals surface area contributed by atoms with Crippen LogP contribution in [0.25, 0.3) is 0 Å². The fourth-order valence-electron chi connectivity index (χ4n) is 3.08. The van der Waals surface area contributed by atoms with Crippen LogP contribution in [-0.4, -0.2) is 12.5 Å². The highest BCUT2D eigenvalue weighted by Gasteiger charge is 2.30. The van der Waals surface area contributed by atoms with Gasteiger partial charge in [0.15, 0.2) is 0 Å². The number of ether oxygens (including phenoxy) is 1. The van der Waals surface area contributed by atoms with E-state index in [-0.39, 0.29) is 16.8 Å². The molecule has 0 saturated heterocycles. The molecule has 0 spiro atoms. The maximum atomic E-state index is 11.9. The van der Waals surface area contributed by atoms with E-state index in [1.54, 1.807) is 0 Å². The highest BCUT2D eigenvalue weighted by molar-refractivity contribution is 5.72. The van der Waals surface area contributed by atoms with E-state index < -0.39 is 0 Å². The van der Waals surface area contributed by atoms with Crippen LogP contribution in [0.1, 0.15) is 85.1 Å². The average Bonchev–Trinajstić information content (AvgIpc) is 2.48. The summed E-state index contributed by atoms with van der Waals surface area (Å²) in [6.45, 7) is 14.4. The number of carbonyl (C=O) groups is 1. The lowest BCUT2D eigenvalue weighted by Crippen LogP contribution is -2.23. The van der Waals surface area contributed by atoms with E-state index in [0.29, 0.717) is 24.6 Å². The molecule has 0 saturated carbocycles. The van der Waals surface area contributed by atoms with Gasteiger partial charge in [-0.3, -0.25) is 4.79 Å². The van der Waals surface area contributed by atoms with Crippen LogP contribution in [0.15, 0.2) is 24.3 Å². The van der Waals surface area contributed by atoms with Crippen molar-refractivity contribution in [2.24, 2.45) is 16.6 Å². The van der Waals surface area contributed by atoms with E-state index in [4.69, 9.17) is 10.5 Å². The van der Waals surface area contributed by atoms with E-state index in [1.165, 1.54) is 5.56 Å². The highest BCUT2D eigenvalue weighted by atomic mass is 16.5. The summed E-state index contributed by atoms with van der Waals surface area (Å²) in [6.07, 6.45) is 4.35. The highest BCUT2D eigenvalue weighted by Crippen LogP contribution is 2.43. The molecule has 1 aromatic carbocycles. The summed E-state index contributed by atoms with van der Waals surface area (Å²) in [5, 5.41) is 0. The van der Waals surface area contributed by atoms with Crippen LogP contribution >= 0.6 is 0 Å². The summed E-state index contributed by atoms with van der Waals surface area (Å²) in [6, 6.07) is 8.07. The van der Waals surface area contributed by atoms with Crippen LogP contribution in [0.4, 0.5) is 0 Å². The number of hydrogen-bond acceptors (Lipinski definition) is 3. The van der Waals surface area contributed by atoms with Gasteiger partial charge in [0, 0.05) is 6.42 Å². The third-order valence-corrected chi connectivity index (χ3v) is 4.46. The Morgan fingerprint density at radius 3 is 2.08 bits per heavy atom. The van der Waals surface area contributed by atoms with Gasteiger partial charge < -0.3 is 10.5 Å². The second-order valence-corrected chi connectivity index (χ2v) is 9.33. The zero-order chi connectivity index (χ0) is 19.1. The molecule has 3 nitrogen and oxygen atoms in total. The number of esters is 1. The third kappa shape index (κ3) is 8.53. The lowest BCUT2D eigenvalue weighted by Gasteiger charge is -2.36. The van der Waals surface area contributed by atoms with Crippen LogP contribution in [0.2, 0.25) is 0 Å². The molecule has 0 bridgehead atoms. The molecule has 3 heteroatoms. The molecule has 1 unspecified atom stereocenters. The van der Waals surface area contributed by atoms with E-state index in [9.17, 15) is 4.79 Å². The maximum absolute atomic E-state index is 11.9. The van der Waals surface area contributed by atoms with Gasteiger partial charge in [-0.15, -0.1) is 0 Å². The average molecular weight is 348 g/mol. The van der Waals surface area contributed by atoms with Crippen molar-refractivity contribution in [1.82, 2.24) is 0 Å². The molecule has 0 radical (unpaired) electrons. The van der Waals surface area contributed by atoms with E-state index in [0.717, 1.165) is 25.7 Å². The van der Waals surface area contributed by atoms with Gasteiger partial charge in [-0.25, -0.2) is 0 Å². The van der Waals surface area contributed by atoms with Crippen molar-refractivity contribution < 1.29 is 9.53 Å². The Balaban J connectivity index is 2.71. The largest absolute Gasteiger partial charge is 0.427 e. The summed E-state index contributed by atoms with van der Waals surface area (Å²) in [5.41, 5.74) is 7.23. The summed E-state index contributed by atoms with van der Waals surface area (Å²) in [4.78, 5) is 11.9. The standard InChI is InChI=1S/C22H37NO2/c1-21(2,3)16-19(22(4,5)6)17-11-13-18(14-12-17)25-20(24)10-8-7-9-15-23/h11-14,19H,7-10,15-16,23H2,1-6H3. The smallest absolute Gasteiger partial charge is 0.311 e. The Morgan fingerprint density at radius 1 is 1.00 bits per heavy atom. The van der Waals surface area contributed by atoms with Crippen molar-refractivity contribution in [2.45, 2.75) is 79.6 Å². The van der Waals surface area contributed by atoms with Crippen molar-refractivity contribution >= 4 is 5.97 Å². The molecule has 0 heterocycles. The van der Waals surface area contributed by atoms with Gasteiger partial charge in [-0.2, -0.15) is 0 Å². The van der Waals surface area contributed by atoms with E-state index in [2.05, 4.69) is 53.7 Å². The van der Waals surface area contributed by atoms with Crippen molar-refractivity contribution in [3.8, 4) is 5.75 Å². The minimum atomic E-state index is -0.160. The fourth-order valence-corrected chi connectivity index (χ4v) is 3.08. The number of rotatable bonds is 8. The predicted molar refractivity (Wildman–Crippen MR) is 106 cm³/mol. The van der Waals surface area contributed by atoms with Gasteiger partial charge in [0.05, 0.1) is 0 Å². The number of hydrogen-bond donors (Lipinski definition) is 1. The Bertz CT molecular complexity index is 520. The molecule has 0 aliphatic rings. The molecular formula is C22H37NO2. The van der Waals surface area contributed by atoms with Crippen molar-refractivity contribution in [3.05, 3.63) is 29.8 Å². The molecule has 0 amide bonds. The molecule has 0 aliphatic heterocycles. The molecule has 1 aromatic rings. The number of nitrogens with two attached hydrogens (primary N) is 1. The lowest BCUT2D eigenvalue weighted by atomic mass is 9.69. The molecule has 0 aliphatic carbocycles. The molecule has 2 N–H and O–H groups in total. The molecule has 1 rings (SSSR count). The topological polar surface area (TPSA) is 52.3 Å². The van der Waals surface area contributed by atoms with Gasteiger partial charge in [0.25, 0.3) is 0 Å². The van der Waals surface area contributed by atoms with Crippen LogP contribution in [-0.2, 0) is 4.79 Å².